The predicted octanol–water partition coefficient (Wildman–Crippen LogP) is 2.19. The van der Waals surface area contributed by atoms with Crippen molar-refractivity contribution in [3.8, 4) is 5.75 Å². The number of halogens is 3. The van der Waals surface area contributed by atoms with Gasteiger partial charge in [-0.3, -0.25) is 0 Å². The molecule has 1 atom stereocenters. The van der Waals surface area contributed by atoms with Gasteiger partial charge in [0.2, 0.25) is 5.82 Å². The van der Waals surface area contributed by atoms with Crippen molar-refractivity contribution in [2.75, 3.05) is 20.2 Å². The van der Waals surface area contributed by atoms with Crippen LogP contribution in [0.5, 0.6) is 5.75 Å². The van der Waals surface area contributed by atoms with Gasteiger partial charge >= 0.3 is 0 Å². The zero-order valence-corrected chi connectivity index (χ0v) is 8.82. The number of nitrogens with one attached hydrogen (secondary N) is 1. The number of rotatable bonds is 2. The van der Waals surface area contributed by atoms with Crippen LogP contribution in [0.3, 0.4) is 0 Å². The Balaban J connectivity index is 2.49. The number of benzene rings is 1. The van der Waals surface area contributed by atoms with Crippen molar-refractivity contribution in [3.63, 3.8) is 0 Å². The molecular formula is C11H12F3NO. The lowest BCUT2D eigenvalue weighted by atomic mass is 9.97. The fourth-order valence-corrected chi connectivity index (χ4v) is 2.00. The van der Waals surface area contributed by atoms with Gasteiger partial charge in [-0.1, -0.05) is 0 Å². The Morgan fingerprint density at radius 2 is 2.06 bits per heavy atom. The van der Waals surface area contributed by atoms with Crippen LogP contribution < -0.4 is 10.1 Å². The van der Waals surface area contributed by atoms with E-state index in [2.05, 4.69) is 10.1 Å². The van der Waals surface area contributed by atoms with E-state index in [9.17, 15) is 13.2 Å². The van der Waals surface area contributed by atoms with Crippen LogP contribution in [-0.4, -0.2) is 20.2 Å². The maximum Gasteiger partial charge on any atom is 0.203 e. The second kappa shape index (κ2) is 4.33. The van der Waals surface area contributed by atoms with Crippen LogP contribution in [0, 0.1) is 17.5 Å². The zero-order valence-electron chi connectivity index (χ0n) is 8.82. The van der Waals surface area contributed by atoms with Crippen LogP contribution in [-0.2, 0) is 0 Å². The Morgan fingerprint density at radius 3 is 2.62 bits per heavy atom. The largest absolute Gasteiger partial charge is 0.491 e. The molecule has 0 radical (unpaired) electrons. The molecule has 0 bridgehead atoms. The van der Waals surface area contributed by atoms with Gasteiger partial charge in [0, 0.05) is 12.5 Å². The lowest BCUT2D eigenvalue weighted by Crippen LogP contribution is -2.10. The molecule has 2 nitrogen and oxygen atoms in total. The van der Waals surface area contributed by atoms with E-state index in [1.54, 1.807) is 0 Å². The van der Waals surface area contributed by atoms with Gasteiger partial charge in [0.1, 0.15) is 0 Å². The van der Waals surface area contributed by atoms with Crippen molar-refractivity contribution in [2.45, 2.75) is 12.3 Å². The first kappa shape index (κ1) is 11.3. The second-order valence-corrected chi connectivity index (χ2v) is 3.80. The van der Waals surface area contributed by atoms with Gasteiger partial charge in [0.15, 0.2) is 17.4 Å². The van der Waals surface area contributed by atoms with Gasteiger partial charge < -0.3 is 10.1 Å². The lowest BCUT2D eigenvalue weighted by molar-refractivity contribution is 0.342. The molecule has 0 spiro atoms. The normalized spacial score (nSPS) is 20.1. The summed E-state index contributed by atoms with van der Waals surface area (Å²) in [6, 6.07) is 0.921. The highest BCUT2D eigenvalue weighted by Crippen LogP contribution is 2.33. The van der Waals surface area contributed by atoms with Crippen LogP contribution in [0.2, 0.25) is 0 Å². The summed E-state index contributed by atoms with van der Waals surface area (Å²) in [6.07, 6.45) is 0.713. The summed E-state index contributed by atoms with van der Waals surface area (Å²) in [5, 5.41) is 3.05. The quantitative estimate of drug-likeness (QED) is 0.788. The van der Waals surface area contributed by atoms with Gasteiger partial charge in [0.25, 0.3) is 0 Å². The van der Waals surface area contributed by atoms with E-state index in [0.717, 1.165) is 19.7 Å². The van der Waals surface area contributed by atoms with Crippen LogP contribution >= 0.6 is 0 Å². The molecule has 5 heteroatoms. The van der Waals surface area contributed by atoms with Crippen LogP contribution in [0.15, 0.2) is 6.07 Å². The molecule has 1 saturated heterocycles. The molecule has 1 fully saturated rings. The first-order valence-electron chi connectivity index (χ1n) is 5.07. The highest BCUT2D eigenvalue weighted by Gasteiger charge is 2.26. The summed E-state index contributed by atoms with van der Waals surface area (Å²) in [4.78, 5) is 0. The van der Waals surface area contributed by atoms with E-state index in [1.165, 1.54) is 0 Å². The number of hydrogen-bond donors (Lipinski definition) is 1. The van der Waals surface area contributed by atoms with Crippen molar-refractivity contribution in [1.29, 1.82) is 0 Å². The van der Waals surface area contributed by atoms with Gasteiger partial charge in [-0.2, -0.15) is 4.39 Å². The molecule has 0 saturated carbocycles. The van der Waals surface area contributed by atoms with Crippen molar-refractivity contribution in [3.05, 3.63) is 29.1 Å². The summed E-state index contributed by atoms with van der Waals surface area (Å²) < 4.78 is 44.7. The van der Waals surface area contributed by atoms with Gasteiger partial charge in [-0.05, 0) is 24.6 Å². The summed E-state index contributed by atoms with van der Waals surface area (Å²) in [7, 11) is 1.12. The zero-order chi connectivity index (χ0) is 11.7. The number of methoxy groups -OCH3 is 1. The van der Waals surface area contributed by atoms with Crippen LogP contribution in [0.25, 0.3) is 0 Å². The minimum Gasteiger partial charge on any atom is -0.491 e. The lowest BCUT2D eigenvalue weighted by Gasteiger charge is -2.13. The minimum absolute atomic E-state index is 0.121. The average Bonchev–Trinajstić information content (AvgIpc) is 2.77. The van der Waals surface area contributed by atoms with E-state index < -0.39 is 23.2 Å². The molecule has 1 heterocycles. The van der Waals surface area contributed by atoms with Crippen LogP contribution in [0.4, 0.5) is 13.2 Å². The maximum atomic E-state index is 13.8. The Morgan fingerprint density at radius 1 is 1.31 bits per heavy atom. The molecule has 0 aliphatic carbocycles. The molecule has 0 aromatic heterocycles. The van der Waals surface area contributed by atoms with E-state index >= 15 is 0 Å². The molecule has 1 aromatic rings. The van der Waals surface area contributed by atoms with Crippen molar-refractivity contribution < 1.29 is 17.9 Å². The van der Waals surface area contributed by atoms with E-state index in [4.69, 9.17) is 0 Å². The third-order valence-electron chi connectivity index (χ3n) is 2.85. The first-order chi connectivity index (χ1) is 7.65. The molecule has 1 aromatic carbocycles. The van der Waals surface area contributed by atoms with Crippen molar-refractivity contribution in [1.82, 2.24) is 5.32 Å². The molecule has 0 amide bonds. The van der Waals surface area contributed by atoms with Gasteiger partial charge in [0.05, 0.1) is 7.11 Å². The van der Waals surface area contributed by atoms with Crippen molar-refractivity contribution >= 4 is 0 Å². The Hall–Kier alpha value is -1.23. The Bertz CT molecular complexity index is 403. The van der Waals surface area contributed by atoms with Crippen molar-refractivity contribution in [2.24, 2.45) is 0 Å². The number of ether oxygens (including phenoxy) is 1. The molecule has 2 rings (SSSR count). The van der Waals surface area contributed by atoms with Gasteiger partial charge in [-0.15, -0.1) is 0 Å². The number of hydrogen-bond acceptors (Lipinski definition) is 2. The molecule has 1 aliphatic heterocycles. The van der Waals surface area contributed by atoms with E-state index in [-0.39, 0.29) is 11.5 Å². The smallest absolute Gasteiger partial charge is 0.203 e. The van der Waals surface area contributed by atoms with E-state index in [1.807, 2.05) is 0 Å². The third-order valence-corrected chi connectivity index (χ3v) is 2.85. The molecule has 1 aliphatic rings. The first-order valence-corrected chi connectivity index (χ1v) is 5.07. The summed E-state index contributed by atoms with van der Waals surface area (Å²) in [5.41, 5.74) is 0.181. The second-order valence-electron chi connectivity index (χ2n) is 3.80. The monoisotopic (exact) mass is 231 g/mol. The standard InChI is InChI=1S/C11H12F3NO/c1-16-11-9(13)7(4-8(12)10(11)14)6-2-3-15-5-6/h4,6,15H,2-3,5H2,1H3. The molecule has 16 heavy (non-hydrogen) atoms. The summed E-state index contributed by atoms with van der Waals surface area (Å²) >= 11 is 0. The highest BCUT2D eigenvalue weighted by molar-refractivity contribution is 5.36. The summed E-state index contributed by atoms with van der Waals surface area (Å²) in [5.74, 6) is -3.89. The molecule has 1 unspecified atom stereocenters. The van der Waals surface area contributed by atoms with Gasteiger partial charge in [-0.25, -0.2) is 8.78 Å². The fourth-order valence-electron chi connectivity index (χ4n) is 2.00. The van der Waals surface area contributed by atoms with Crippen LogP contribution in [0.1, 0.15) is 17.9 Å². The average molecular weight is 231 g/mol. The Labute approximate surface area is 91.4 Å². The minimum atomic E-state index is -1.27. The fraction of sp³-hybridized carbons (Fsp3) is 0.455. The topological polar surface area (TPSA) is 21.3 Å². The predicted molar refractivity (Wildman–Crippen MR) is 53.1 cm³/mol. The maximum absolute atomic E-state index is 13.8. The third kappa shape index (κ3) is 1.75. The van der Waals surface area contributed by atoms with E-state index in [0.29, 0.717) is 13.0 Å². The SMILES string of the molecule is COc1c(F)c(F)cc(C2CCNC2)c1F. The Kier molecular flexibility index (Phi) is 3.05. The summed E-state index contributed by atoms with van der Waals surface area (Å²) in [6.45, 7) is 1.33. The molecular weight excluding hydrogens is 219 g/mol. The molecule has 88 valence electrons. The highest BCUT2D eigenvalue weighted by atomic mass is 19.2. The molecule has 1 N–H and O–H groups in total.